The standard InChI is InChI=1S/C12H17N3S.ClH/c1-11-3-8-16-12(11)9-13-4-2-6-15-7-5-14-10-15;/h3,5,7-8,10,13H,2,4,6,9H2,1H3;1H. The molecule has 0 unspecified atom stereocenters. The predicted molar refractivity (Wildman–Crippen MR) is 74.9 cm³/mol. The molecular weight excluding hydrogens is 254 g/mol. The molecule has 0 bridgehead atoms. The third-order valence-electron chi connectivity index (χ3n) is 2.58. The van der Waals surface area contributed by atoms with E-state index >= 15 is 0 Å². The zero-order valence-corrected chi connectivity index (χ0v) is 11.6. The monoisotopic (exact) mass is 271 g/mol. The van der Waals surface area contributed by atoms with Gasteiger partial charge in [-0.2, -0.15) is 0 Å². The number of imidazole rings is 1. The van der Waals surface area contributed by atoms with Crippen LogP contribution in [0.2, 0.25) is 0 Å². The van der Waals surface area contributed by atoms with E-state index in [1.807, 2.05) is 30.1 Å². The molecule has 0 spiro atoms. The fraction of sp³-hybridized carbons (Fsp3) is 0.417. The van der Waals surface area contributed by atoms with Gasteiger partial charge in [0.1, 0.15) is 0 Å². The fourth-order valence-electron chi connectivity index (χ4n) is 1.59. The molecule has 2 aromatic rings. The van der Waals surface area contributed by atoms with E-state index in [0.29, 0.717) is 0 Å². The maximum absolute atomic E-state index is 4.02. The Labute approximate surface area is 112 Å². The molecule has 0 amide bonds. The van der Waals surface area contributed by atoms with Crippen LogP contribution < -0.4 is 5.32 Å². The molecule has 0 fully saturated rings. The van der Waals surface area contributed by atoms with E-state index in [1.165, 1.54) is 10.4 Å². The van der Waals surface area contributed by atoms with Crippen molar-refractivity contribution >= 4 is 23.7 Å². The number of hydrogen-bond acceptors (Lipinski definition) is 3. The molecule has 5 heteroatoms. The van der Waals surface area contributed by atoms with Crippen molar-refractivity contribution in [3.05, 3.63) is 40.6 Å². The van der Waals surface area contributed by atoms with Crippen LogP contribution in [0.4, 0.5) is 0 Å². The molecular formula is C12H18ClN3S. The Morgan fingerprint density at radius 3 is 3.00 bits per heavy atom. The number of thiophene rings is 1. The average Bonchev–Trinajstić information content (AvgIpc) is 2.90. The van der Waals surface area contributed by atoms with Gasteiger partial charge in [-0.15, -0.1) is 23.7 Å². The van der Waals surface area contributed by atoms with Crippen LogP contribution in [0.1, 0.15) is 16.9 Å². The van der Waals surface area contributed by atoms with E-state index in [4.69, 9.17) is 0 Å². The quantitative estimate of drug-likeness (QED) is 0.819. The van der Waals surface area contributed by atoms with Crippen molar-refractivity contribution in [3.63, 3.8) is 0 Å². The lowest BCUT2D eigenvalue weighted by Crippen LogP contribution is -2.16. The number of aromatic nitrogens is 2. The Balaban J connectivity index is 0.00000144. The van der Waals surface area contributed by atoms with Crippen LogP contribution >= 0.6 is 23.7 Å². The van der Waals surface area contributed by atoms with Gasteiger partial charge < -0.3 is 9.88 Å². The Bertz CT molecular complexity index is 411. The summed E-state index contributed by atoms with van der Waals surface area (Å²) in [6, 6.07) is 2.17. The molecule has 0 atom stereocenters. The van der Waals surface area contributed by atoms with E-state index in [-0.39, 0.29) is 12.4 Å². The molecule has 2 aromatic heterocycles. The minimum Gasteiger partial charge on any atom is -0.337 e. The second-order valence-corrected chi connectivity index (χ2v) is 4.86. The van der Waals surface area contributed by atoms with E-state index in [0.717, 1.165) is 26.1 Å². The Hall–Kier alpha value is -0.840. The molecule has 0 aliphatic heterocycles. The van der Waals surface area contributed by atoms with Crippen molar-refractivity contribution in [2.24, 2.45) is 0 Å². The summed E-state index contributed by atoms with van der Waals surface area (Å²) in [7, 11) is 0. The lowest BCUT2D eigenvalue weighted by atomic mass is 10.3. The van der Waals surface area contributed by atoms with Crippen molar-refractivity contribution in [1.82, 2.24) is 14.9 Å². The van der Waals surface area contributed by atoms with Gasteiger partial charge in [0.25, 0.3) is 0 Å². The highest BCUT2D eigenvalue weighted by Crippen LogP contribution is 2.14. The first-order valence-electron chi connectivity index (χ1n) is 5.55. The number of nitrogens with zero attached hydrogens (tertiary/aromatic N) is 2. The molecule has 0 aromatic carbocycles. The highest BCUT2D eigenvalue weighted by molar-refractivity contribution is 7.10. The first kappa shape index (κ1) is 14.2. The second-order valence-electron chi connectivity index (χ2n) is 3.86. The third kappa shape index (κ3) is 4.50. The Morgan fingerprint density at radius 2 is 2.35 bits per heavy atom. The second kappa shape index (κ2) is 7.48. The summed E-state index contributed by atoms with van der Waals surface area (Å²) in [4.78, 5) is 5.46. The number of hydrogen-bond donors (Lipinski definition) is 1. The zero-order valence-electron chi connectivity index (χ0n) is 9.93. The van der Waals surface area contributed by atoms with Gasteiger partial charge in [-0.1, -0.05) is 0 Å². The highest BCUT2D eigenvalue weighted by atomic mass is 35.5. The van der Waals surface area contributed by atoms with Crippen LogP contribution in [0.5, 0.6) is 0 Å². The Kier molecular flexibility index (Phi) is 6.26. The number of aryl methyl sites for hydroxylation is 2. The molecule has 0 aliphatic rings. The summed E-state index contributed by atoms with van der Waals surface area (Å²) in [5.74, 6) is 0. The van der Waals surface area contributed by atoms with Crippen molar-refractivity contribution in [2.75, 3.05) is 6.54 Å². The first-order chi connectivity index (χ1) is 7.86. The third-order valence-corrected chi connectivity index (χ3v) is 3.61. The van der Waals surface area contributed by atoms with Gasteiger partial charge in [-0.05, 0) is 36.9 Å². The van der Waals surface area contributed by atoms with Crippen molar-refractivity contribution in [2.45, 2.75) is 26.4 Å². The predicted octanol–water partition coefficient (Wildman–Crippen LogP) is 2.85. The molecule has 0 saturated heterocycles. The van der Waals surface area contributed by atoms with E-state index in [2.05, 4.69) is 33.2 Å². The number of rotatable bonds is 6. The van der Waals surface area contributed by atoms with Gasteiger partial charge in [0.2, 0.25) is 0 Å². The van der Waals surface area contributed by atoms with Crippen LogP contribution in [-0.2, 0) is 13.1 Å². The van der Waals surface area contributed by atoms with Gasteiger partial charge in [-0.3, -0.25) is 0 Å². The SMILES string of the molecule is Cc1ccsc1CNCCCn1ccnc1.Cl. The maximum Gasteiger partial charge on any atom is 0.0945 e. The normalized spacial score (nSPS) is 10.2. The molecule has 0 aliphatic carbocycles. The summed E-state index contributed by atoms with van der Waals surface area (Å²) < 4.78 is 2.11. The summed E-state index contributed by atoms with van der Waals surface area (Å²) in [6.45, 7) is 5.25. The summed E-state index contributed by atoms with van der Waals surface area (Å²) >= 11 is 1.83. The topological polar surface area (TPSA) is 29.9 Å². The maximum atomic E-state index is 4.02. The Morgan fingerprint density at radius 1 is 1.47 bits per heavy atom. The molecule has 2 rings (SSSR count). The highest BCUT2D eigenvalue weighted by Gasteiger charge is 1.98. The first-order valence-corrected chi connectivity index (χ1v) is 6.43. The summed E-state index contributed by atoms with van der Waals surface area (Å²) in [5, 5.41) is 5.62. The summed E-state index contributed by atoms with van der Waals surface area (Å²) in [5.41, 5.74) is 1.40. The average molecular weight is 272 g/mol. The lowest BCUT2D eigenvalue weighted by molar-refractivity contribution is 0.582. The molecule has 0 saturated carbocycles. The van der Waals surface area contributed by atoms with E-state index < -0.39 is 0 Å². The van der Waals surface area contributed by atoms with Crippen LogP contribution in [0, 0.1) is 6.92 Å². The zero-order chi connectivity index (χ0) is 11.2. The lowest BCUT2D eigenvalue weighted by Gasteiger charge is -2.04. The number of halogens is 1. The molecule has 94 valence electrons. The van der Waals surface area contributed by atoms with Crippen LogP contribution in [-0.4, -0.2) is 16.1 Å². The molecule has 0 radical (unpaired) electrons. The van der Waals surface area contributed by atoms with Crippen molar-refractivity contribution in [3.8, 4) is 0 Å². The van der Waals surface area contributed by atoms with E-state index in [1.54, 1.807) is 0 Å². The molecule has 3 nitrogen and oxygen atoms in total. The van der Waals surface area contributed by atoms with E-state index in [9.17, 15) is 0 Å². The van der Waals surface area contributed by atoms with Gasteiger partial charge in [-0.25, -0.2) is 4.98 Å². The van der Waals surface area contributed by atoms with Gasteiger partial charge in [0.15, 0.2) is 0 Å². The largest absolute Gasteiger partial charge is 0.337 e. The fourth-order valence-corrected chi connectivity index (χ4v) is 2.47. The van der Waals surface area contributed by atoms with Gasteiger partial charge in [0, 0.05) is 30.4 Å². The van der Waals surface area contributed by atoms with Crippen LogP contribution in [0.25, 0.3) is 0 Å². The van der Waals surface area contributed by atoms with Gasteiger partial charge >= 0.3 is 0 Å². The van der Waals surface area contributed by atoms with Crippen LogP contribution in [0.3, 0.4) is 0 Å². The molecule has 17 heavy (non-hydrogen) atoms. The minimum absolute atomic E-state index is 0. The minimum atomic E-state index is 0. The van der Waals surface area contributed by atoms with Crippen molar-refractivity contribution in [1.29, 1.82) is 0 Å². The smallest absolute Gasteiger partial charge is 0.0945 e. The van der Waals surface area contributed by atoms with Crippen LogP contribution in [0.15, 0.2) is 30.2 Å². The van der Waals surface area contributed by atoms with Crippen molar-refractivity contribution < 1.29 is 0 Å². The molecule has 2 heterocycles. The van der Waals surface area contributed by atoms with Gasteiger partial charge in [0.05, 0.1) is 6.33 Å². The molecule has 1 N–H and O–H groups in total. The summed E-state index contributed by atoms with van der Waals surface area (Å²) in [6.07, 6.45) is 6.83. The number of nitrogens with one attached hydrogen (secondary N) is 1.